The summed E-state index contributed by atoms with van der Waals surface area (Å²) in [6.07, 6.45) is 32.2. The van der Waals surface area contributed by atoms with Crippen molar-refractivity contribution in [2.24, 2.45) is 11.8 Å². The van der Waals surface area contributed by atoms with Gasteiger partial charge in [-0.25, -0.2) is 0 Å². The van der Waals surface area contributed by atoms with Crippen LogP contribution in [0.5, 0.6) is 0 Å². The van der Waals surface area contributed by atoms with Crippen molar-refractivity contribution in [2.45, 2.75) is 169 Å². The van der Waals surface area contributed by atoms with E-state index in [0.29, 0.717) is 0 Å². The summed E-state index contributed by atoms with van der Waals surface area (Å²) >= 11 is 0. The molecule has 0 fully saturated rings. The summed E-state index contributed by atoms with van der Waals surface area (Å²) in [5, 5.41) is 0. The smallest absolute Gasteiger partial charge is 0.0443 e. The SMILES string of the molecule is CCCCCCCCCCCCCCCCC(C)CCCCCC(C)CCC. The number of unbranched alkanes of at least 4 members (excludes halogenated alkanes) is 15. The Kier molecular flexibility index (Phi) is 23.3. The fraction of sp³-hybridized carbons (Fsp3) is 1.00. The first-order valence-corrected chi connectivity index (χ1v) is 13.7. The maximum absolute atomic E-state index is 2.49. The average molecular weight is 395 g/mol. The summed E-state index contributed by atoms with van der Waals surface area (Å²) in [5.74, 6) is 1.92. The molecule has 0 aromatic heterocycles. The molecular formula is C28H58. The van der Waals surface area contributed by atoms with Gasteiger partial charge >= 0.3 is 0 Å². The Morgan fingerprint density at radius 2 is 0.607 bits per heavy atom. The molecule has 28 heavy (non-hydrogen) atoms. The number of hydrogen-bond acceptors (Lipinski definition) is 0. The molecule has 0 bridgehead atoms. The van der Waals surface area contributed by atoms with Crippen LogP contribution in [0.4, 0.5) is 0 Å². The highest BCUT2D eigenvalue weighted by molar-refractivity contribution is 4.57. The molecule has 170 valence electrons. The fourth-order valence-corrected chi connectivity index (χ4v) is 4.63. The summed E-state index contributed by atoms with van der Waals surface area (Å²) in [6, 6.07) is 0. The zero-order valence-corrected chi connectivity index (χ0v) is 20.7. The van der Waals surface area contributed by atoms with Crippen molar-refractivity contribution in [3.05, 3.63) is 0 Å². The van der Waals surface area contributed by atoms with Crippen molar-refractivity contribution in [1.82, 2.24) is 0 Å². The van der Waals surface area contributed by atoms with E-state index >= 15 is 0 Å². The second-order valence-electron chi connectivity index (χ2n) is 10.0. The number of hydrogen-bond donors (Lipinski definition) is 0. The summed E-state index contributed by atoms with van der Waals surface area (Å²) in [6.45, 7) is 9.54. The van der Waals surface area contributed by atoms with E-state index in [-0.39, 0.29) is 0 Å². The largest absolute Gasteiger partial charge is 0.0654 e. The van der Waals surface area contributed by atoms with Gasteiger partial charge in [-0.2, -0.15) is 0 Å². The summed E-state index contributed by atoms with van der Waals surface area (Å²) < 4.78 is 0. The monoisotopic (exact) mass is 394 g/mol. The molecule has 0 radical (unpaired) electrons. The molecular weight excluding hydrogens is 336 g/mol. The summed E-state index contributed by atoms with van der Waals surface area (Å²) in [7, 11) is 0. The van der Waals surface area contributed by atoms with Crippen molar-refractivity contribution in [2.75, 3.05) is 0 Å². The lowest BCUT2D eigenvalue weighted by Crippen LogP contribution is -1.97. The second kappa shape index (κ2) is 23.3. The van der Waals surface area contributed by atoms with E-state index in [1.807, 2.05) is 0 Å². The molecule has 0 N–H and O–H groups in total. The van der Waals surface area contributed by atoms with Gasteiger partial charge in [0.05, 0.1) is 0 Å². The molecule has 2 atom stereocenters. The van der Waals surface area contributed by atoms with Crippen molar-refractivity contribution in [3.63, 3.8) is 0 Å². The van der Waals surface area contributed by atoms with Gasteiger partial charge in [-0.1, -0.05) is 169 Å². The minimum atomic E-state index is 0.956. The summed E-state index contributed by atoms with van der Waals surface area (Å²) in [4.78, 5) is 0. The molecule has 0 heteroatoms. The Hall–Kier alpha value is 0. The third kappa shape index (κ3) is 22.3. The van der Waals surface area contributed by atoms with Crippen LogP contribution in [0.2, 0.25) is 0 Å². The van der Waals surface area contributed by atoms with Gasteiger partial charge in [-0.15, -0.1) is 0 Å². The molecule has 2 unspecified atom stereocenters. The zero-order valence-electron chi connectivity index (χ0n) is 20.7. The first kappa shape index (κ1) is 28.0. The summed E-state index contributed by atoms with van der Waals surface area (Å²) in [5.41, 5.74) is 0. The van der Waals surface area contributed by atoms with Crippen molar-refractivity contribution >= 4 is 0 Å². The van der Waals surface area contributed by atoms with Crippen LogP contribution in [0.1, 0.15) is 169 Å². The quantitative estimate of drug-likeness (QED) is 0.151. The van der Waals surface area contributed by atoms with E-state index < -0.39 is 0 Å². The predicted octanol–water partition coefficient (Wildman–Crippen LogP) is 10.9. The fourth-order valence-electron chi connectivity index (χ4n) is 4.63. The van der Waals surface area contributed by atoms with Gasteiger partial charge in [0.1, 0.15) is 0 Å². The molecule has 0 saturated carbocycles. The highest BCUT2D eigenvalue weighted by Gasteiger charge is 2.04. The average Bonchev–Trinajstić information content (AvgIpc) is 2.68. The van der Waals surface area contributed by atoms with Gasteiger partial charge < -0.3 is 0 Å². The van der Waals surface area contributed by atoms with Crippen LogP contribution in [0, 0.1) is 11.8 Å². The van der Waals surface area contributed by atoms with Gasteiger partial charge in [0, 0.05) is 0 Å². The molecule has 0 aliphatic carbocycles. The Bertz CT molecular complexity index is 269. The van der Waals surface area contributed by atoms with E-state index in [2.05, 4.69) is 27.7 Å². The topological polar surface area (TPSA) is 0 Å². The third-order valence-corrected chi connectivity index (χ3v) is 6.73. The van der Waals surface area contributed by atoms with Crippen LogP contribution in [-0.2, 0) is 0 Å². The highest BCUT2D eigenvalue weighted by Crippen LogP contribution is 2.20. The molecule has 0 aromatic rings. The molecule has 0 saturated heterocycles. The zero-order chi connectivity index (χ0) is 20.7. The van der Waals surface area contributed by atoms with E-state index in [9.17, 15) is 0 Å². The van der Waals surface area contributed by atoms with Crippen LogP contribution in [0.15, 0.2) is 0 Å². The first-order valence-electron chi connectivity index (χ1n) is 13.7. The van der Waals surface area contributed by atoms with Gasteiger partial charge in [0.25, 0.3) is 0 Å². The molecule has 0 spiro atoms. The van der Waals surface area contributed by atoms with Gasteiger partial charge in [0.15, 0.2) is 0 Å². The van der Waals surface area contributed by atoms with Crippen molar-refractivity contribution in [1.29, 1.82) is 0 Å². The Balaban J connectivity index is 3.17. The molecule has 0 aliphatic heterocycles. The second-order valence-corrected chi connectivity index (χ2v) is 10.0. The third-order valence-electron chi connectivity index (χ3n) is 6.73. The predicted molar refractivity (Wildman–Crippen MR) is 131 cm³/mol. The van der Waals surface area contributed by atoms with Crippen LogP contribution < -0.4 is 0 Å². The molecule has 0 amide bonds. The lowest BCUT2D eigenvalue weighted by molar-refractivity contribution is 0.414. The normalized spacial score (nSPS) is 13.7. The van der Waals surface area contributed by atoms with E-state index in [1.165, 1.54) is 141 Å². The van der Waals surface area contributed by atoms with Crippen LogP contribution in [0.25, 0.3) is 0 Å². The lowest BCUT2D eigenvalue weighted by Gasteiger charge is -2.12. The van der Waals surface area contributed by atoms with E-state index in [4.69, 9.17) is 0 Å². The lowest BCUT2D eigenvalue weighted by atomic mass is 9.94. The van der Waals surface area contributed by atoms with Crippen molar-refractivity contribution < 1.29 is 0 Å². The molecule has 0 aliphatic rings. The van der Waals surface area contributed by atoms with Gasteiger partial charge in [0.2, 0.25) is 0 Å². The molecule has 0 rings (SSSR count). The molecule has 0 nitrogen and oxygen atoms in total. The Morgan fingerprint density at radius 1 is 0.321 bits per heavy atom. The minimum Gasteiger partial charge on any atom is -0.0654 e. The van der Waals surface area contributed by atoms with Crippen LogP contribution in [0.3, 0.4) is 0 Å². The first-order chi connectivity index (χ1) is 13.7. The van der Waals surface area contributed by atoms with Gasteiger partial charge in [-0.3, -0.25) is 0 Å². The molecule has 0 heterocycles. The number of rotatable bonds is 23. The Labute approximate surface area is 181 Å². The molecule has 0 aromatic carbocycles. The minimum absolute atomic E-state index is 0.956. The Morgan fingerprint density at radius 3 is 0.964 bits per heavy atom. The maximum atomic E-state index is 2.49. The maximum Gasteiger partial charge on any atom is -0.0443 e. The standard InChI is InChI=1S/C28H58/c1-5-7-8-9-10-11-12-13-14-15-16-17-18-20-25-28(4)26-22-19-21-24-27(3)23-6-2/h27-28H,5-26H2,1-4H3. The van der Waals surface area contributed by atoms with Gasteiger partial charge in [-0.05, 0) is 11.8 Å². The van der Waals surface area contributed by atoms with Crippen molar-refractivity contribution in [3.8, 4) is 0 Å². The van der Waals surface area contributed by atoms with Crippen LogP contribution >= 0.6 is 0 Å². The van der Waals surface area contributed by atoms with Crippen LogP contribution in [-0.4, -0.2) is 0 Å². The van der Waals surface area contributed by atoms with E-state index in [0.717, 1.165) is 11.8 Å². The van der Waals surface area contributed by atoms with E-state index in [1.54, 1.807) is 0 Å². The highest BCUT2D eigenvalue weighted by atomic mass is 14.1.